The van der Waals surface area contributed by atoms with E-state index in [4.69, 9.17) is 9.47 Å². The summed E-state index contributed by atoms with van der Waals surface area (Å²) < 4.78 is 11.1. The zero-order valence-electron chi connectivity index (χ0n) is 16.0. The van der Waals surface area contributed by atoms with E-state index in [-0.39, 0.29) is 5.91 Å². The molecule has 0 aromatic heterocycles. The highest BCUT2D eigenvalue weighted by molar-refractivity contribution is 5.76. The lowest BCUT2D eigenvalue weighted by Crippen LogP contribution is -3.15. The zero-order chi connectivity index (χ0) is 18.2. The van der Waals surface area contributed by atoms with Gasteiger partial charge in [-0.1, -0.05) is 12.8 Å². The molecule has 3 atom stereocenters. The van der Waals surface area contributed by atoms with Crippen molar-refractivity contribution in [2.75, 3.05) is 39.4 Å². The van der Waals surface area contributed by atoms with Crippen LogP contribution in [-0.4, -0.2) is 45.3 Å². The van der Waals surface area contributed by atoms with Gasteiger partial charge in [-0.05, 0) is 56.4 Å². The SMILES string of the molecule is CCOc1ccc(OCCNC(=O)C[NH+]2CC[C@@H]3CCCC[C@@H]3C2)cc1. The van der Waals surface area contributed by atoms with E-state index in [1.807, 2.05) is 31.2 Å². The number of fused-ring (bicyclic) bond motifs is 1. The van der Waals surface area contributed by atoms with Gasteiger partial charge in [-0.3, -0.25) is 4.79 Å². The maximum absolute atomic E-state index is 12.2. The summed E-state index contributed by atoms with van der Waals surface area (Å²) in [5, 5.41) is 2.99. The van der Waals surface area contributed by atoms with E-state index in [0.29, 0.717) is 26.3 Å². The Hall–Kier alpha value is -1.75. The maximum atomic E-state index is 12.2. The fourth-order valence-corrected chi connectivity index (χ4v) is 4.40. The van der Waals surface area contributed by atoms with Gasteiger partial charge < -0.3 is 19.7 Å². The van der Waals surface area contributed by atoms with Gasteiger partial charge in [-0.2, -0.15) is 0 Å². The number of ether oxygens (including phenoxy) is 2. The highest BCUT2D eigenvalue weighted by atomic mass is 16.5. The van der Waals surface area contributed by atoms with Crippen molar-refractivity contribution >= 4 is 5.91 Å². The molecule has 1 saturated carbocycles. The van der Waals surface area contributed by atoms with Crippen molar-refractivity contribution in [2.24, 2.45) is 11.8 Å². The average molecular weight is 362 g/mol. The van der Waals surface area contributed by atoms with Crippen molar-refractivity contribution in [3.63, 3.8) is 0 Å². The van der Waals surface area contributed by atoms with Crippen molar-refractivity contribution in [1.29, 1.82) is 0 Å². The van der Waals surface area contributed by atoms with E-state index < -0.39 is 0 Å². The third kappa shape index (κ3) is 5.63. The number of nitrogens with one attached hydrogen (secondary N) is 2. The van der Waals surface area contributed by atoms with Crippen molar-refractivity contribution in [2.45, 2.75) is 39.0 Å². The van der Waals surface area contributed by atoms with Gasteiger partial charge in [0.1, 0.15) is 18.1 Å². The Bertz CT molecular complexity index is 561. The summed E-state index contributed by atoms with van der Waals surface area (Å²) in [6.07, 6.45) is 6.86. The number of quaternary nitrogens is 1. The predicted octanol–water partition coefficient (Wildman–Crippen LogP) is 1.68. The van der Waals surface area contributed by atoms with Gasteiger partial charge in [-0.15, -0.1) is 0 Å². The van der Waals surface area contributed by atoms with Crippen LogP contribution in [0.2, 0.25) is 0 Å². The summed E-state index contributed by atoms with van der Waals surface area (Å²) >= 11 is 0. The lowest BCUT2D eigenvalue weighted by molar-refractivity contribution is -0.902. The Kier molecular flexibility index (Phi) is 7.18. The second-order valence-electron chi connectivity index (χ2n) is 7.58. The molecule has 144 valence electrons. The number of hydrogen-bond donors (Lipinski definition) is 2. The lowest BCUT2D eigenvalue weighted by Gasteiger charge is -2.38. The first-order chi connectivity index (χ1) is 12.7. The van der Waals surface area contributed by atoms with Crippen LogP contribution in [0, 0.1) is 11.8 Å². The fourth-order valence-electron chi connectivity index (χ4n) is 4.40. The third-order valence-electron chi connectivity index (χ3n) is 5.72. The third-order valence-corrected chi connectivity index (χ3v) is 5.72. The molecule has 1 saturated heterocycles. The molecule has 0 bridgehead atoms. The van der Waals surface area contributed by atoms with Gasteiger partial charge in [0.2, 0.25) is 0 Å². The van der Waals surface area contributed by atoms with Crippen LogP contribution in [0.4, 0.5) is 0 Å². The van der Waals surface area contributed by atoms with E-state index in [2.05, 4.69) is 5.32 Å². The number of carbonyl (C=O) groups is 1. The van der Waals surface area contributed by atoms with E-state index in [1.54, 1.807) is 0 Å². The molecule has 1 aromatic rings. The summed E-state index contributed by atoms with van der Waals surface area (Å²) in [6.45, 7) is 6.59. The summed E-state index contributed by atoms with van der Waals surface area (Å²) in [5.41, 5.74) is 0. The molecule has 26 heavy (non-hydrogen) atoms. The number of hydrogen-bond acceptors (Lipinski definition) is 3. The minimum Gasteiger partial charge on any atom is -0.494 e. The molecule has 0 spiro atoms. The molecule has 2 fully saturated rings. The van der Waals surface area contributed by atoms with Crippen LogP contribution in [0.5, 0.6) is 11.5 Å². The summed E-state index contributed by atoms with van der Waals surface area (Å²) in [6, 6.07) is 7.59. The highest BCUT2D eigenvalue weighted by Crippen LogP contribution is 2.32. The smallest absolute Gasteiger partial charge is 0.275 e. The Labute approximate surface area is 157 Å². The van der Waals surface area contributed by atoms with Crippen molar-refractivity contribution in [3.8, 4) is 11.5 Å². The molecular formula is C21H33N2O3+. The normalized spacial score (nSPS) is 25.2. The molecule has 5 nitrogen and oxygen atoms in total. The van der Waals surface area contributed by atoms with Crippen LogP contribution in [-0.2, 0) is 4.79 Å². The number of rotatable bonds is 8. The minimum atomic E-state index is 0.143. The molecule has 1 unspecified atom stereocenters. The molecule has 5 heteroatoms. The largest absolute Gasteiger partial charge is 0.494 e. The predicted molar refractivity (Wildman–Crippen MR) is 102 cm³/mol. The number of amides is 1. The van der Waals surface area contributed by atoms with Crippen LogP contribution < -0.4 is 19.7 Å². The molecule has 2 N–H and O–H groups in total. The maximum Gasteiger partial charge on any atom is 0.275 e. The first-order valence-electron chi connectivity index (χ1n) is 10.2. The molecule has 1 aliphatic heterocycles. The van der Waals surface area contributed by atoms with Gasteiger partial charge in [-0.25, -0.2) is 0 Å². The monoisotopic (exact) mass is 361 g/mol. The van der Waals surface area contributed by atoms with Crippen molar-refractivity contribution < 1.29 is 19.2 Å². The molecule has 0 radical (unpaired) electrons. The standard InChI is InChI=1S/C21H32N2O3/c1-2-25-19-7-9-20(10-8-19)26-14-12-22-21(24)16-23-13-11-17-5-3-4-6-18(17)15-23/h7-10,17-18H,2-6,11-16H2,1H3,(H,22,24)/p+1/t17-,18+/m0/s1. The molecular weight excluding hydrogens is 328 g/mol. The zero-order valence-corrected chi connectivity index (χ0v) is 16.0. The summed E-state index contributed by atoms with van der Waals surface area (Å²) in [4.78, 5) is 13.7. The Balaban J connectivity index is 1.30. The first-order valence-corrected chi connectivity index (χ1v) is 10.2. The number of carbonyl (C=O) groups excluding carboxylic acids is 1. The Morgan fingerprint density at radius 2 is 1.77 bits per heavy atom. The fraction of sp³-hybridized carbons (Fsp3) is 0.667. The Morgan fingerprint density at radius 1 is 1.08 bits per heavy atom. The lowest BCUT2D eigenvalue weighted by atomic mass is 9.75. The molecule has 2 aliphatic rings. The van der Waals surface area contributed by atoms with E-state index in [1.165, 1.54) is 43.5 Å². The minimum absolute atomic E-state index is 0.143. The van der Waals surface area contributed by atoms with Crippen LogP contribution in [0.25, 0.3) is 0 Å². The molecule has 1 aromatic carbocycles. The molecule has 3 rings (SSSR count). The number of likely N-dealkylation sites (tertiary alicyclic amines) is 1. The quantitative estimate of drug-likeness (QED) is 0.693. The summed E-state index contributed by atoms with van der Waals surface area (Å²) in [5.74, 6) is 3.57. The number of benzene rings is 1. The van der Waals surface area contributed by atoms with E-state index >= 15 is 0 Å². The van der Waals surface area contributed by atoms with E-state index in [0.717, 1.165) is 29.9 Å². The highest BCUT2D eigenvalue weighted by Gasteiger charge is 2.34. The van der Waals surface area contributed by atoms with Gasteiger partial charge in [0, 0.05) is 5.92 Å². The molecule has 1 aliphatic carbocycles. The van der Waals surface area contributed by atoms with Gasteiger partial charge in [0.05, 0.1) is 26.2 Å². The van der Waals surface area contributed by atoms with E-state index in [9.17, 15) is 4.79 Å². The van der Waals surface area contributed by atoms with Crippen molar-refractivity contribution in [1.82, 2.24) is 5.32 Å². The Morgan fingerprint density at radius 3 is 2.50 bits per heavy atom. The van der Waals surface area contributed by atoms with Crippen LogP contribution in [0.1, 0.15) is 39.0 Å². The van der Waals surface area contributed by atoms with Crippen LogP contribution in [0.15, 0.2) is 24.3 Å². The second-order valence-corrected chi connectivity index (χ2v) is 7.58. The second kappa shape index (κ2) is 9.81. The van der Waals surface area contributed by atoms with Gasteiger partial charge >= 0.3 is 0 Å². The molecule has 1 amide bonds. The van der Waals surface area contributed by atoms with Gasteiger partial charge in [0.15, 0.2) is 6.54 Å². The number of piperidine rings is 1. The molecule has 1 heterocycles. The van der Waals surface area contributed by atoms with Gasteiger partial charge in [0.25, 0.3) is 5.91 Å². The average Bonchev–Trinajstić information content (AvgIpc) is 2.67. The van der Waals surface area contributed by atoms with Crippen molar-refractivity contribution in [3.05, 3.63) is 24.3 Å². The first kappa shape index (κ1) is 19.0. The summed E-state index contributed by atoms with van der Waals surface area (Å²) in [7, 11) is 0. The van der Waals surface area contributed by atoms with Crippen LogP contribution in [0.3, 0.4) is 0 Å². The van der Waals surface area contributed by atoms with Crippen LogP contribution >= 0.6 is 0 Å². The topological polar surface area (TPSA) is 52.0 Å².